The minimum Gasteiger partial charge on any atom is -0.491 e. The summed E-state index contributed by atoms with van der Waals surface area (Å²) in [6, 6.07) is 28.7. The molecule has 0 unspecified atom stereocenters. The Morgan fingerprint density at radius 3 is 2.24 bits per heavy atom. The van der Waals surface area contributed by atoms with Crippen molar-refractivity contribution in [1.29, 1.82) is 0 Å². The maximum atomic E-state index is 15.0. The van der Waals surface area contributed by atoms with Crippen LogP contribution in [0.3, 0.4) is 0 Å². The van der Waals surface area contributed by atoms with Gasteiger partial charge < -0.3 is 30.7 Å². The molecule has 0 bridgehead atoms. The van der Waals surface area contributed by atoms with Gasteiger partial charge in [0, 0.05) is 11.3 Å². The second-order valence-corrected chi connectivity index (χ2v) is 14.7. The lowest BCUT2D eigenvalue weighted by molar-refractivity contribution is -0.178. The number of hydrogen-bond donors (Lipinski definition) is 4. The molecule has 5 N–H and O–H groups in total. The molecule has 10 nitrogen and oxygen atoms in total. The summed E-state index contributed by atoms with van der Waals surface area (Å²) >= 11 is 0. The van der Waals surface area contributed by atoms with Crippen molar-refractivity contribution in [3.05, 3.63) is 131 Å². The Balaban J connectivity index is 1.38. The Kier molecular flexibility index (Phi) is 9.48. The van der Waals surface area contributed by atoms with Crippen LogP contribution in [0.5, 0.6) is 5.75 Å². The van der Waals surface area contributed by atoms with Gasteiger partial charge in [-0.25, -0.2) is 0 Å². The lowest BCUT2D eigenvalue weighted by Gasteiger charge is -2.46. The summed E-state index contributed by atoms with van der Waals surface area (Å²) in [5, 5.41) is 24.0. The van der Waals surface area contributed by atoms with Crippen molar-refractivity contribution in [2.75, 3.05) is 18.5 Å². The minimum absolute atomic E-state index is 0.0439. The Morgan fingerprint density at radius 1 is 0.870 bits per heavy atom. The topological polar surface area (TPSA) is 151 Å². The van der Waals surface area contributed by atoms with Crippen LogP contribution >= 0.6 is 0 Å². The average Bonchev–Trinajstić information content (AvgIpc) is 3.56. The van der Waals surface area contributed by atoms with Crippen LogP contribution in [0.1, 0.15) is 84.5 Å². The van der Waals surface area contributed by atoms with Crippen LogP contribution in [0.15, 0.2) is 103 Å². The standard InChI is InChI=1S/C44H43N3O7/c45-40(49)35-37-41(50)54-38(30-14-7-4-8-15-30)36(29-12-5-3-6-13-29)47(37)39(31-16-11-17-32(27-31)53-25-24-48)44(35)33-26-28(18-19-34(33)46-42(44)51)20-23-43(52)21-9-1-2-10-22-43/h3-8,11-19,26-27,35-39,48,52H,1-2,9-10,21-22,24-25H2,(H2,45,49)(H,46,51)/t35-,36-,37-,38+,39+,44-/m1/s1. The molecular formula is C44H43N3O7. The molecule has 1 aliphatic carbocycles. The normalized spacial score (nSPS) is 27.1. The smallest absolute Gasteiger partial charge is 0.324 e. The number of rotatable bonds is 7. The molecule has 3 heterocycles. The number of fused-ring (bicyclic) bond motifs is 3. The summed E-state index contributed by atoms with van der Waals surface area (Å²) in [5.74, 6) is 3.44. The highest BCUT2D eigenvalue weighted by Gasteiger charge is 2.73. The summed E-state index contributed by atoms with van der Waals surface area (Å²) in [4.78, 5) is 45.7. The quantitative estimate of drug-likeness (QED) is 0.115. The highest BCUT2D eigenvalue weighted by molar-refractivity contribution is 6.12. The van der Waals surface area contributed by atoms with Crippen molar-refractivity contribution in [1.82, 2.24) is 4.90 Å². The summed E-state index contributed by atoms with van der Waals surface area (Å²) in [5.41, 5.74) is 7.20. The van der Waals surface area contributed by atoms with Gasteiger partial charge in [-0.2, -0.15) is 0 Å². The van der Waals surface area contributed by atoms with Crippen molar-refractivity contribution in [2.24, 2.45) is 11.7 Å². The van der Waals surface area contributed by atoms with Crippen molar-refractivity contribution in [2.45, 2.75) is 73.8 Å². The number of morpholine rings is 1. The molecule has 6 atom stereocenters. The van der Waals surface area contributed by atoms with E-state index < -0.39 is 58.9 Å². The fourth-order valence-corrected chi connectivity index (χ4v) is 9.27. The van der Waals surface area contributed by atoms with Gasteiger partial charge in [0.1, 0.15) is 35.5 Å². The van der Waals surface area contributed by atoms with Crippen LogP contribution in [0, 0.1) is 17.8 Å². The number of nitrogens with zero attached hydrogens (tertiary/aromatic N) is 1. The van der Waals surface area contributed by atoms with Crippen molar-refractivity contribution < 1.29 is 34.1 Å². The number of anilines is 1. The monoisotopic (exact) mass is 725 g/mol. The largest absolute Gasteiger partial charge is 0.491 e. The average molecular weight is 726 g/mol. The predicted molar refractivity (Wildman–Crippen MR) is 201 cm³/mol. The molecule has 0 radical (unpaired) electrons. The first-order chi connectivity index (χ1) is 26.2. The van der Waals surface area contributed by atoms with E-state index >= 15 is 4.79 Å². The fourth-order valence-electron chi connectivity index (χ4n) is 9.27. The molecule has 0 aromatic heterocycles. The second kappa shape index (κ2) is 14.4. The van der Waals surface area contributed by atoms with E-state index in [4.69, 9.17) is 15.2 Å². The Morgan fingerprint density at radius 2 is 1.56 bits per heavy atom. The van der Waals surface area contributed by atoms with E-state index in [0.29, 0.717) is 41.0 Å². The molecule has 1 spiro atoms. The number of nitrogens with one attached hydrogen (secondary N) is 1. The van der Waals surface area contributed by atoms with E-state index in [2.05, 4.69) is 17.2 Å². The fraction of sp³-hybridized carbons (Fsp3) is 0.341. The summed E-state index contributed by atoms with van der Waals surface area (Å²) in [6.07, 6.45) is 4.24. The van der Waals surface area contributed by atoms with Gasteiger partial charge in [-0.3, -0.25) is 19.3 Å². The first-order valence-corrected chi connectivity index (χ1v) is 18.7. The number of aliphatic hydroxyl groups excluding tert-OH is 1. The van der Waals surface area contributed by atoms with Gasteiger partial charge in [0.05, 0.1) is 24.6 Å². The van der Waals surface area contributed by atoms with E-state index in [9.17, 15) is 19.8 Å². The molecular weight excluding hydrogens is 682 g/mol. The molecule has 2 amide bonds. The van der Waals surface area contributed by atoms with E-state index in [-0.39, 0.29) is 13.2 Å². The molecule has 4 aliphatic rings. The number of primary amides is 1. The Hall–Kier alpha value is -5.47. The zero-order chi connectivity index (χ0) is 37.5. The Labute approximate surface area is 314 Å². The number of nitrogens with two attached hydrogens (primary N) is 1. The lowest BCUT2D eigenvalue weighted by Crippen LogP contribution is -2.53. The third-order valence-corrected chi connectivity index (χ3v) is 11.5. The zero-order valence-corrected chi connectivity index (χ0v) is 29.8. The van der Waals surface area contributed by atoms with Gasteiger partial charge in [0.2, 0.25) is 11.8 Å². The SMILES string of the molecule is NC(=O)[C@H]1[C@@H]2C(=O)O[C@@H](c3ccccc3)[C@@H](c3ccccc3)N2[C@@H](c2cccc(OCCO)c2)[C@]12C(=O)Nc1ccc(C#CC3(O)CCCCCC3)cc12. The van der Waals surface area contributed by atoms with Crippen molar-refractivity contribution in [3.8, 4) is 17.6 Å². The number of amides is 2. The summed E-state index contributed by atoms with van der Waals surface area (Å²) in [7, 11) is 0. The van der Waals surface area contributed by atoms with Crippen LogP contribution in [0.4, 0.5) is 5.69 Å². The first-order valence-electron chi connectivity index (χ1n) is 18.7. The highest BCUT2D eigenvalue weighted by Crippen LogP contribution is 2.64. The van der Waals surface area contributed by atoms with Gasteiger partial charge >= 0.3 is 5.97 Å². The molecule has 3 aliphatic heterocycles. The van der Waals surface area contributed by atoms with Gasteiger partial charge in [0.15, 0.2) is 0 Å². The number of carbonyl (C=O) groups is 3. The number of benzene rings is 4. The van der Waals surface area contributed by atoms with Crippen LogP contribution < -0.4 is 15.8 Å². The number of ether oxygens (including phenoxy) is 2. The van der Waals surface area contributed by atoms with E-state index in [1.165, 1.54) is 0 Å². The van der Waals surface area contributed by atoms with Crippen molar-refractivity contribution in [3.63, 3.8) is 0 Å². The van der Waals surface area contributed by atoms with E-state index in [1.807, 2.05) is 71.6 Å². The third-order valence-electron chi connectivity index (χ3n) is 11.5. The molecule has 54 heavy (non-hydrogen) atoms. The predicted octanol–water partition coefficient (Wildman–Crippen LogP) is 5.25. The van der Waals surface area contributed by atoms with Gasteiger partial charge in [-0.15, -0.1) is 0 Å². The Bertz CT molecular complexity index is 2120. The molecule has 4 aromatic rings. The van der Waals surface area contributed by atoms with Crippen LogP contribution in [-0.2, 0) is 24.5 Å². The van der Waals surface area contributed by atoms with Crippen molar-refractivity contribution >= 4 is 23.5 Å². The maximum Gasteiger partial charge on any atom is 0.324 e. The number of aliphatic hydroxyl groups is 2. The molecule has 10 heteroatoms. The zero-order valence-electron chi connectivity index (χ0n) is 29.8. The van der Waals surface area contributed by atoms with E-state index in [1.54, 1.807) is 36.4 Å². The molecule has 3 fully saturated rings. The molecule has 276 valence electrons. The highest BCUT2D eigenvalue weighted by atomic mass is 16.6. The third kappa shape index (κ3) is 6.02. The molecule has 2 saturated heterocycles. The number of cyclic esters (lactones) is 1. The van der Waals surface area contributed by atoms with Gasteiger partial charge in [-0.1, -0.05) is 97.5 Å². The molecule has 8 rings (SSSR count). The minimum atomic E-state index is -1.73. The lowest BCUT2D eigenvalue weighted by atomic mass is 9.65. The van der Waals surface area contributed by atoms with Crippen LogP contribution in [0.2, 0.25) is 0 Å². The summed E-state index contributed by atoms with van der Waals surface area (Å²) < 4.78 is 12.2. The van der Waals surface area contributed by atoms with Gasteiger partial charge in [-0.05, 0) is 78.3 Å². The number of esters is 1. The van der Waals surface area contributed by atoms with Crippen LogP contribution in [-0.4, -0.2) is 57.8 Å². The summed E-state index contributed by atoms with van der Waals surface area (Å²) in [6.45, 7) is -0.160. The van der Waals surface area contributed by atoms with E-state index in [0.717, 1.165) is 36.8 Å². The van der Waals surface area contributed by atoms with Crippen LogP contribution in [0.25, 0.3) is 0 Å². The van der Waals surface area contributed by atoms with Gasteiger partial charge in [0.25, 0.3) is 0 Å². The maximum absolute atomic E-state index is 15.0. The molecule has 4 aromatic carbocycles. The molecule has 1 saturated carbocycles. The number of hydrogen-bond acceptors (Lipinski definition) is 8. The second-order valence-electron chi connectivity index (χ2n) is 14.7. The number of carbonyl (C=O) groups excluding carboxylic acids is 3. The first kappa shape index (κ1) is 35.6.